The number of nitrogens with zero attached hydrogens (tertiary/aromatic N) is 2. The van der Waals surface area contributed by atoms with Crippen LogP contribution in [-0.4, -0.2) is 50.4 Å². The number of quaternary nitrogens is 1. The summed E-state index contributed by atoms with van der Waals surface area (Å²) in [4.78, 5) is 13.7. The van der Waals surface area contributed by atoms with Crippen molar-refractivity contribution >= 4 is 17.3 Å². The first kappa shape index (κ1) is 22.0. The summed E-state index contributed by atoms with van der Waals surface area (Å²) in [6.07, 6.45) is 4.51. The Morgan fingerprint density at radius 3 is 2.71 bits per heavy atom. The van der Waals surface area contributed by atoms with E-state index < -0.39 is 16.4 Å². The van der Waals surface area contributed by atoms with E-state index in [0.29, 0.717) is 48.9 Å². The molecule has 0 spiro atoms. The summed E-state index contributed by atoms with van der Waals surface area (Å²) in [6.45, 7) is 5.62. The number of rotatable bonds is 6. The number of hydrogen-bond acceptors (Lipinski definition) is 5. The smallest absolute Gasteiger partial charge is 0.337 e. The molecule has 1 saturated carbocycles. The number of ether oxygens (including phenoxy) is 1. The molecule has 0 radical (unpaired) electrons. The van der Waals surface area contributed by atoms with Crippen molar-refractivity contribution in [1.82, 2.24) is 9.96 Å². The largest absolute Gasteiger partial charge is 0.622 e. The highest BCUT2D eigenvalue weighted by atomic mass is 19.1. The Morgan fingerprint density at radius 2 is 2.16 bits per heavy atom. The molecule has 3 unspecified atom stereocenters. The van der Waals surface area contributed by atoms with E-state index in [-0.39, 0.29) is 29.2 Å². The van der Waals surface area contributed by atoms with Gasteiger partial charge in [0.1, 0.15) is 11.9 Å². The molecule has 0 amide bonds. The Labute approximate surface area is 182 Å². The monoisotopic (exact) mass is 433 g/mol. The van der Waals surface area contributed by atoms with Crippen LogP contribution in [0.25, 0.3) is 0 Å². The number of halogens is 1. The maximum Gasteiger partial charge on any atom is 0.337 e. The van der Waals surface area contributed by atoms with Crippen molar-refractivity contribution in [2.75, 3.05) is 32.1 Å². The van der Waals surface area contributed by atoms with E-state index >= 15 is 4.39 Å². The first-order chi connectivity index (χ1) is 14.7. The second kappa shape index (κ2) is 7.76. The summed E-state index contributed by atoms with van der Waals surface area (Å²) >= 11 is 0. The molecule has 31 heavy (non-hydrogen) atoms. The van der Waals surface area contributed by atoms with E-state index in [1.807, 2.05) is 11.9 Å². The lowest BCUT2D eigenvalue weighted by atomic mass is 9.75. The molecule has 2 aliphatic heterocycles. The molecule has 1 aliphatic carbocycles. The summed E-state index contributed by atoms with van der Waals surface area (Å²) < 4.78 is 20.4. The van der Waals surface area contributed by atoms with Crippen LogP contribution in [0.2, 0.25) is 0 Å². The van der Waals surface area contributed by atoms with Crippen molar-refractivity contribution in [3.8, 4) is 5.75 Å². The van der Waals surface area contributed by atoms with Crippen molar-refractivity contribution in [3.63, 3.8) is 0 Å². The van der Waals surface area contributed by atoms with Gasteiger partial charge < -0.3 is 25.3 Å². The Bertz CT molecular complexity index is 932. The van der Waals surface area contributed by atoms with E-state index in [9.17, 15) is 15.1 Å². The van der Waals surface area contributed by atoms with Gasteiger partial charge in [-0.1, -0.05) is 13.8 Å². The summed E-state index contributed by atoms with van der Waals surface area (Å²) in [5.41, 5.74) is 1.04. The van der Waals surface area contributed by atoms with Crippen molar-refractivity contribution in [3.05, 3.63) is 34.4 Å². The Hall–Kier alpha value is -2.16. The summed E-state index contributed by atoms with van der Waals surface area (Å²) in [5, 5.41) is 26.9. The summed E-state index contributed by atoms with van der Waals surface area (Å²) in [5.74, 6) is -1.36. The lowest BCUT2D eigenvalue weighted by Gasteiger charge is -2.48. The van der Waals surface area contributed by atoms with Crippen LogP contribution in [0.15, 0.2) is 17.8 Å². The average Bonchev–Trinajstić information content (AvgIpc) is 3.58. The van der Waals surface area contributed by atoms with Crippen LogP contribution < -0.4 is 19.6 Å². The van der Waals surface area contributed by atoms with Gasteiger partial charge in [0.05, 0.1) is 18.7 Å². The zero-order chi connectivity index (χ0) is 22.6. The van der Waals surface area contributed by atoms with E-state index in [2.05, 4.69) is 19.2 Å². The van der Waals surface area contributed by atoms with Crippen LogP contribution in [0.1, 0.15) is 45.1 Å². The minimum absolute atomic E-state index is 0.0111. The van der Waals surface area contributed by atoms with Gasteiger partial charge in [0.15, 0.2) is 11.5 Å². The van der Waals surface area contributed by atoms with Gasteiger partial charge in [-0.3, -0.25) is 4.65 Å². The van der Waals surface area contributed by atoms with Crippen molar-refractivity contribution in [2.24, 2.45) is 5.41 Å². The minimum Gasteiger partial charge on any atom is -0.622 e. The van der Waals surface area contributed by atoms with Gasteiger partial charge >= 0.3 is 5.97 Å². The lowest BCUT2D eigenvalue weighted by Crippen LogP contribution is -2.55. The number of fused-ring (bicyclic) bond motifs is 1. The molecule has 4 rings (SSSR count). The van der Waals surface area contributed by atoms with Gasteiger partial charge in [0.25, 0.3) is 0 Å². The number of piperidine rings is 1. The number of benzene rings is 1. The van der Waals surface area contributed by atoms with Gasteiger partial charge in [-0.15, -0.1) is 0 Å². The Balaban J connectivity index is 1.85. The van der Waals surface area contributed by atoms with Crippen LogP contribution in [0.4, 0.5) is 15.8 Å². The summed E-state index contributed by atoms with van der Waals surface area (Å²) in [7, 11) is 3.42. The van der Waals surface area contributed by atoms with Gasteiger partial charge in [-0.2, -0.15) is 0 Å². The molecule has 170 valence electrons. The van der Waals surface area contributed by atoms with Crippen LogP contribution >= 0.6 is 0 Å². The topological polar surface area (TPSA) is 84.9 Å². The fourth-order valence-corrected chi connectivity index (χ4v) is 5.39. The highest BCUT2D eigenvalue weighted by Crippen LogP contribution is 2.53. The predicted octanol–water partition coefficient (Wildman–Crippen LogP) is 3.54. The molecule has 1 saturated heterocycles. The molecule has 1 aromatic rings. The quantitative estimate of drug-likeness (QED) is 0.527. The van der Waals surface area contributed by atoms with Crippen LogP contribution in [-0.2, 0) is 11.2 Å². The molecule has 1 aromatic carbocycles. The third-order valence-electron chi connectivity index (χ3n) is 7.46. The third-order valence-corrected chi connectivity index (χ3v) is 7.46. The zero-order valence-electron chi connectivity index (χ0n) is 18.7. The first-order valence-corrected chi connectivity index (χ1v) is 11.0. The molecule has 2 heterocycles. The second-order valence-electron chi connectivity index (χ2n) is 9.38. The number of carbonyl (C=O) groups is 1. The number of carboxylic acids is 1. The van der Waals surface area contributed by atoms with Crippen molar-refractivity contribution in [1.29, 1.82) is 0 Å². The highest BCUT2D eigenvalue weighted by molar-refractivity contribution is 5.90. The Morgan fingerprint density at radius 1 is 1.45 bits per heavy atom. The normalized spacial score (nSPS) is 30.6. The van der Waals surface area contributed by atoms with Crippen molar-refractivity contribution in [2.45, 2.75) is 58.0 Å². The Kier molecular flexibility index (Phi) is 5.52. The maximum atomic E-state index is 15.5. The predicted molar refractivity (Wildman–Crippen MR) is 119 cm³/mol. The SMILES string of the molecule is CCC1(C)CN(c2c(F)cc3c(c2OC)[N+]([O-])(C2CC2)C=C(C(=O)O)C3)CCC1NC. The van der Waals surface area contributed by atoms with Crippen LogP contribution in [0.5, 0.6) is 5.75 Å². The number of aliphatic carboxylic acids is 1. The number of hydroxylamine groups is 2. The molecule has 0 bridgehead atoms. The lowest BCUT2D eigenvalue weighted by molar-refractivity contribution is -0.132. The second-order valence-corrected chi connectivity index (χ2v) is 9.38. The molecule has 3 atom stereocenters. The molecular weight excluding hydrogens is 401 g/mol. The highest BCUT2D eigenvalue weighted by Gasteiger charge is 2.48. The first-order valence-electron chi connectivity index (χ1n) is 11.0. The molecule has 7 nitrogen and oxygen atoms in total. The maximum absolute atomic E-state index is 15.5. The number of methoxy groups -OCH3 is 1. The van der Waals surface area contributed by atoms with E-state index in [1.54, 1.807) is 0 Å². The van der Waals surface area contributed by atoms with Crippen LogP contribution in [0, 0.1) is 16.4 Å². The van der Waals surface area contributed by atoms with E-state index in [0.717, 1.165) is 12.8 Å². The van der Waals surface area contributed by atoms with Gasteiger partial charge in [0.2, 0.25) is 5.75 Å². The van der Waals surface area contributed by atoms with E-state index in [1.165, 1.54) is 19.4 Å². The molecule has 8 heteroatoms. The third kappa shape index (κ3) is 3.50. The molecular formula is C23H32FN3O4. The minimum atomic E-state index is -1.14. The van der Waals surface area contributed by atoms with Gasteiger partial charge in [-0.25, -0.2) is 9.18 Å². The fraction of sp³-hybridized carbons (Fsp3) is 0.609. The van der Waals surface area contributed by atoms with Gasteiger partial charge in [0, 0.05) is 49.4 Å². The standard InChI is InChI=1S/C23H32FN3O4/c1-5-23(2)13-26(9-8-18(23)25-3)19-17(24)11-14-10-15(22(28)29)12-27(30,16-6-7-16)20(14)21(19)31-4/h11-12,16,18,25H,5-10,13H2,1-4H3,(H,28,29). The average molecular weight is 434 g/mol. The summed E-state index contributed by atoms with van der Waals surface area (Å²) in [6, 6.07) is 1.42. The number of hydrogen-bond donors (Lipinski definition) is 2. The molecule has 2 N–H and O–H groups in total. The van der Waals surface area contributed by atoms with Crippen LogP contribution in [0.3, 0.4) is 0 Å². The number of carboxylic acid groups (broad SMARTS) is 1. The number of anilines is 1. The van der Waals surface area contributed by atoms with Gasteiger partial charge in [-0.05, 0) is 26.0 Å². The molecule has 0 aromatic heterocycles. The fourth-order valence-electron chi connectivity index (χ4n) is 5.39. The van der Waals surface area contributed by atoms with Crippen molar-refractivity contribution < 1.29 is 19.0 Å². The van der Waals surface area contributed by atoms with E-state index in [4.69, 9.17) is 4.74 Å². The molecule has 3 aliphatic rings. The molecule has 2 fully saturated rings. The number of nitrogens with one attached hydrogen (secondary N) is 1. The zero-order valence-corrected chi connectivity index (χ0v) is 18.7.